The van der Waals surface area contributed by atoms with E-state index in [9.17, 15) is 4.79 Å². The molecule has 6 heteroatoms. The number of ether oxygens (including phenoxy) is 1. The molecule has 4 rings (SSSR count). The van der Waals surface area contributed by atoms with Gasteiger partial charge in [-0.1, -0.05) is 24.3 Å². The van der Waals surface area contributed by atoms with Crippen LogP contribution in [-0.2, 0) is 11.2 Å². The van der Waals surface area contributed by atoms with Crippen LogP contribution in [0.15, 0.2) is 73.1 Å². The molecule has 0 radical (unpaired) electrons. The summed E-state index contributed by atoms with van der Waals surface area (Å²) in [5.41, 5.74) is 4.48. The highest BCUT2D eigenvalue weighted by atomic mass is 32.2. The zero-order valence-corrected chi connectivity index (χ0v) is 18.3. The Morgan fingerprint density at radius 1 is 0.933 bits per heavy atom. The second-order valence-corrected chi connectivity index (χ2v) is 9.79. The standard InChI is InChI=1S/C24H24N2O2S2/c27-23(17-28-22-8-4-20(5-9-22)24-29-14-1-15-30-24)26-21-6-2-18(3-7-21)16-19-10-12-25-13-11-19/h2-13,24H,1,14-17H2,(H,26,27). The van der Waals surface area contributed by atoms with Crippen molar-refractivity contribution in [3.63, 3.8) is 0 Å². The number of carbonyl (C=O) groups is 1. The Labute approximate surface area is 185 Å². The molecule has 0 spiro atoms. The number of benzene rings is 2. The molecule has 1 amide bonds. The topological polar surface area (TPSA) is 51.2 Å². The molecule has 0 unspecified atom stereocenters. The van der Waals surface area contributed by atoms with Gasteiger partial charge >= 0.3 is 0 Å². The third-order valence-corrected chi connectivity index (χ3v) is 7.76. The zero-order chi connectivity index (χ0) is 20.6. The summed E-state index contributed by atoms with van der Waals surface area (Å²) in [6.45, 7) is -0.00889. The van der Waals surface area contributed by atoms with Crippen LogP contribution in [0.25, 0.3) is 0 Å². The quantitative estimate of drug-likeness (QED) is 0.526. The lowest BCUT2D eigenvalue weighted by atomic mass is 10.1. The van der Waals surface area contributed by atoms with Gasteiger partial charge in [-0.25, -0.2) is 0 Å². The number of thioether (sulfide) groups is 2. The first-order valence-electron chi connectivity index (χ1n) is 10.00. The number of nitrogens with zero attached hydrogens (tertiary/aromatic N) is 1. The lowest BCUT2D eigenvalue weighted by Crippen LogP contribution is -2.20. The SMILES string of the molecule is O=C(COc1ccc(C2SCCCS2)cc1)Nc1ccc(Cc2ccncc2)cc1. The Morgan fingerprint density at radius 2 is 1.60 bits per heavy atom. The smallest absolute Gasteiger partial charge is 0.262 e. The third kappa shape index (κ3) is 6.03. The number of nitrogens with one attached hydrogen (secondary N) is 1. The van der Waals surface area contributed by atoms with Crippen molar-refractivity contribution in [2.75, 3.05) is 23.4 Å². The Bertz CT molecular complexity index is 941. The highest BCUT2D eigenvalue weighted by Crippen LogP contribution is 2.43. The lowest BCUT2D eigenvalue weighted by Gasteiger charge is -2.21. The summed E-state index contributed by atoms with van der Waals surface area (Å²) in [7, 11) is 0. The molecule has 1 aliphatic heterocycles. The van der Waals surface area contributed by atoms with E-state index in [1.54, 1.807) is 12.4 Å². The van der Waals surface area contributed by atoms with E-state index >= 15 is 0 Å². The predicted molar refractivity (Wildman–Crippen MR) is 126 cm³/mol. The molecule has 4 nitrogen and oxygen atoms in total. The first-order valence-corrected chi connectivity index (χ1v) is 12.1. The first-order chi connectivity index (χ1) is 14.8. The number of amides is 1. The van der Waals surface area contributed by atoms with Crippen molar-refractivity contribution in [1.29, 1.82) is 0 Å². The highest BCUT2D eigenvalue weighted by molar-refractivity contribution is 8.16. The van der Waals surface area contributed by atoms with Crippen LogP contribution in [0.5, 0.6) is 5.75 Å². The number of anilines is 1. The second kappa shape index (κ2) is 10.5. The van der Waals surface area contributed by atoms with Crippen molar-refractivity contribution in [1.82, 2.24) is 4.98 Å². The van der Waals surface area contributed by atoms with Gasteiger partial charge in [-0.2, -0.15) is 0 Å². The van der Waals surface area contributed by atoms with Gasteiger partial charge in [0.2, 0.25) is 0 Å². The summed E-state index contributed by atoms with van der Waals surface area (Å²) in [5, 5.41) is 2.89. The van der Waals surface area contributed by atoms with Crippen LogP contribution in [0, 0.1) is 0 Å². The molecule has 1 fully saturated rings. The van der Waals surface area contributed by atoms with Crippen LogP contribution in [0.3, 0.4) is 0 Å². The number of hydrogen-bond donors (Lipinski definition) is 1. The largest absolute Gasteiger partial charge is 0.484 e. The number of pyridine rings is 1. The van der Waals surface area contributed by atoms with Crippen LogP contribution >= 0.6 is 23.5 Å². The molecule has 0 aliphatic carbocycles. The van der Waals surface area contributed by atoms with Crippen LogP contribution in [-0.4, -0.2) is 29.0 Å². The van der Waals surface area contributed by atoms with Crippen molar-refractivity contribution >= 4 is 35.1 Å². The van der Waals surface area contributed by atoms with Crippen molar-refractivity contribution in [3.8, 4) is 5.75 Å². The molecular formula is C24H24N2O2S2. The van der Waals surface area contributed by atoms with E-state index in [-0.39, 0.29) is 12.5 Å². The molecule has 0 saturated carbocycles. The minimum atomic E-state index is -0.167. The van der Waals surface area contributed by atoms with Crippen molar-refractivity contribution < 1.29 is 9.53 Å². The summed E-state index contributed by atoms with van der Waals surface area (Å²) in [5.74, 6) is 2.99. The van der Waals surface area contributed by atoms with Gasteiger partial charge in [0.1, 0.15) is 5.75 Å². The van der Waals surface area contributed by atoms with E-state index in [4.69, 9.17) is 4.74 Å². The Kier molecular flexibility index (Phi) is 7.32. The van der Waals surface area contributed by atoms with Gasteiger partial charge < -0.3 is 10.1 Å². The van der Waals surface area contributed by atoms with Crippen LogP contribution in [0.4, 0.5) is 5.69 Å². The summed E-state index contributed by atoms with van der Waals surface area (Å²) in [6.07, 6.45) is 5.72. The Morgan fingerprint density at radius 3 is 2.30 bits per heavy atom. The average molecular weight is 437 g/mol. The summed E-state index contributed by atoms with van der Waals surface area (Å²) in [6, 6.07) is 20.0. The van der Waals surface area contributed by atoms with Crippen LogP contribution in [0.2, 0.25) is 0 Å². The van der Waals surface area contributed by atoms with Gasteiger partial charge in [0, 0.05) is 18.1 Å². The molecule has 2 aromatic carbocycles. The van der Waals surface area contributed by atoms with Crippen molar-refractivity contribution in [2.24, 2.45) is 0 Å². The summed E-state index contributed by atoms with van der Waals surface area (Å²) >= 11 is 4.00. The normalized spacial score (nSPS) is 14.3. The van der Waals surface area contributed by atoms with Gasteiger partial charge in [-0.05, 0) is 77.4 Å². The summed E-state index contributed by atoms with van der Waals surface area (Å²) in [4.78, 5) is 16.3. The predicted octanol–water partition coefficient (Wildman–Crippen LogP) is 5.56. The van der Waals surface area contributed by atoms with Gasteiger partial charge in [0.25, 0.3) is 5.91 Å². The number of rotatable bonds is 7. The zero-order valence-electron chi connectivity index (χ0n) is 16.6. The lowest BCUT2D eigenvalue weighted by molar-refractivity contribution is -0.118. The third-order valence-electron chi connectivity index (χ3n) is 4.74. The van der Waals surface area contributed by atoms with Gasteiger partial charge in [0.15, 0.2) is 6.61 Å². The minimum absolute atomic E-state index is 0.00889. The maximum atomic E-state index is 12.2. The molecule has 2 heterocycles. The van der Waals surface area contributed by atoms with E-state index in [2.05, 4.69) is 22.4 Å². The number of aromatic nitrogens is 1. The molecule has 1 aliphatic rings. The molecular weight excluding hydrogens is 412 g/mol. The molecule has 1 aromatic heterocycles. The molecule has 1 N–H and O–H groups in total. The first kappa shape index (κ1) is 20.8. The van der Waals surface area contributed by atoms with Crippen molar-refractivity contribution in [3.05, 3.63) is 89.7 Å². The van der Waals surface area contributed by atoms with Gasteiger partial charge in [-0.15, -0.1) is 23.5 Å². The summed E-state index contributed by atoms with van der Waals surface area (Å²) < 4.78 is 6.17. The average Bonchev–Trinajstić information content (AvgIpc) is 2.81. The maximum Gasteiger partial charge on any atom is 0.262 e. The fourth-order valence-corrected chi connectivity index (χ4v) is 6.08. The maximum absolute atomic E-state index is 12.2. The monoisotopic (exact) mass is 436 g/mol. The Hall–Kier alpha value is -2.44. The highest BCUT2D eigenvalue weighted by Gasteiger charge is 2.16. The minimum Gasteiger partial charge on any atom is -0.484 e. The van der Waals surface area contributed by atoms with Gasteiger partial charge in [0.05, 0.1) is 4.58 Å². The fourth-order valence-electron chi connectivity index (χ4n) is 3.19. The molecule has 0 bridgehead atoms. The molecule has 1 saturated heterocycles. The van der Waals surface area contributed by atoms with E-state index in [1.807, 2.05) is 72.1 Å². The van der Waals surface area contributed by atoms with Crippen LogP contribution < -0.4 is 10.1 Å². The molecule has 3 aromatic rings. The Balaban J connectivity index is 1.24. The van der Waals surface area contributed by atoms with E-state index < -0.39 is 0 Å². The van der Waals surface area contributed by atoms with Gasteiger partial charge in [-0.3, -0.25) is 9.78 Å². The molecule has 154 valence electrons. The number of carbonyl (C=O) groups excluding carboxylic acids is 1. The van der Waals surface area contributed by atoms with E-state index in [0.717, 1.165) is 12.1 Å². The van der Waals surface area contributed by atoms with E-state index in [0.29, 0.717) is 10.3 Å². The van der Waals surface area contributed by atoms with E-state index in [1.165, 1.54) is 34.6 Å². The molecule has 30 heavy (non-hydrogen) atoms. The number of hydrogen-bond acceptors (Lipinski definition) is 5. The molecule has 0 atom stereocenters. The van der Waals surface area contributed by atoms with Crippen LogP contribution in [0.1, 0.15) is 27.7 Å². The van der Waals surface area contributed by atoms with Crippen molar-refractivity contribution in [2.45, 2.75) is 17.4 Å². The second-order valence-electron chi connectivity index (χ2n) is 7.06. The fraction of sp³-hybridized carbons (Fsp3) is 0.250.